The van der Waals surface area contributed by atoms with E-state index in [1.165, 1.54) is 37.3 Å². The van der Waals surface area contributed by atoms with E-state index in [0.717, 1.165) is 22.8 Å². The van der Waals surface area contributed by atoms with Crippen LogP contribution in [0.4, 0.5) is 18.9 Å². The van der Waals surface area contributed by atoms with Crippen LogP contribution in [0.3, 0.4) is 0 Å². The molecule has 0 aliphatic rings. The topological polar surface area (TPSA) is 88.1 Å². The van der Waals surface area contributed by atoms with Crippen molar-refractivity contribution in [3.8, 4) is 11.5 Å². The van der Waals surface area contributed by atoms with Gasteiger partial charge in [-0.15, -0.1) is 0 Å². The van der Waals surface area contributed by atoms with E-state index in [1.807, 2.05) is 6.07 Å². The van der Waals surface area contributed by atoms with Crippen molar-refractivity contribution in [2.45, 2.75) is 19.1 Å². The van der Waals surface area contributed by atoms with Gasteiger partial charge < -0.3 is 4.74 Å². The minimum Gasteiger partial charge on any atom is -0.457 e. The first-order valence-corrected chi connectivity index (χ1v) is 12.1. The highest BCUT2D eigenvalue weighted by Gasteiger charge is 2.33. The van der Waals surface area contributed by atoms with E-state index in [1.54, 1.807) is 36.4 Å². The number of nitrogens with one attached hydrogen (secondary N) is 1. The first-order valence-electron chi connectivity index (χ1n) is 10.3. The number of hydrogen-bond donors (Lipinski definition) is 1. The molecule has 0 heterocycles. The summed E-state index contributed by atoms with van der Waals surface area (Å²) in [6.07, 6.45) is -2.80. The number of hydrogen-bond acceptors (Lipinski definition) is 5. The largest absolute Gasteiger partial charge is 0.457 e. The molecule has 0 aromatic heterocycles. The highest BCUT2D eigenvalue weighted by atomic mass is 32.2. The van der Waals surface area contributed by atoms with Crippen LogP contribution >= 0.6 is 0 Å². The fourth-order valence-electron chi connectivity index (χ4n) is 3.22. The summed E-state index contributed by atoms with van der Waals surface area (Å²) in [6.45, 7) is 1.34. The molecule has 0 spiro atoms. The zero-order valence-electron chi connectivity index (χ0n) is 18.7. The number of halogens is 3. The smallest absolute Gasteiger partial charge is 0.417 e. The predicted octanol–water partition coefficient (Wildman–Crippen LogP) is 4.80. The minimum atomic E-state index is -4.59. The zero-order chi connectivity index (χ0) is 25.6. The Labute approximate surface area is 200 Å². The summed E-state index contributed by atoms with van der Waals surface area (Å²) >= 11 is 0. The van der Waals surface area contributed by atoms with Crippen molar-refractivity contribution in [3.63, 3.8) is 0 Å². The average Bonchev–Trinajstić information content (AvgIpc) is 2.79. The summed E-state index contributed by atoms with van der Waals surface area (Å²) in [4.78, 5) is 12.6. The average molecular weight is 506 g/mol. The van der Waals surface area contributed by atoms with Crippen LogP contribution < -0.4 is 14.5 Å². The fraction of sp³-hybridized carbons (Fsp3) is 0.167. The quantitative estimate of drug-likeness (QED) is 0.352. The summed E-state index contributed by atoms with van der Waals surface area (Å²) in [5.41, 5.74) is 1.14. The summed E-state index contributed by atoms with van der Waals surface area (Å²) in [5.74, 6) is 0.220. The number of nitrogens with zero attached hydrogens (tertiary/aromatic N) is 2. The van der Waals surface area contributed by atoms with Crippen LogP contribution in [-0.2, 0) is 21.0 Å². The van der Waals surface area contributed by atoms with Crippen molar-refractivity contribution < 1.29 is 31.1 Å². The summed E-state index contributed by atoms with van der Waals surface area (Å²) in [7, 11) is -3.91. The van der Waals surface area contributed by atoms with E-state index in [9.17, 15) is 26.4 Å². The lowest BCUT2D eigenvalue weighted by Gasteiger charge is -2.27. The molecule has 0 aliphatic carbocycles. The fourth-order valence-corrected chi connectivity index (χ4v) is 4.40. The van der Waals surface area contributed by atoms with Gasteiger partial charge in [0.15, 0.2) is 0 Å². The first kappa shape index (κ1) is 25.8. The molecule has 0 saturated carbocycles. The molecule has 35 heavy (non-hydrogen) atoms. The number of alkyl halides is 3. The van der Waals surface area contributed by atoms with Gasteiger partial charge in [0.25, 0.3) is 5.91 Å². The molecule has 3 rings (SSSR count). The number of rotatable bonds is 8. The van der Waals surface area contributed by atoms with Crippen LogP contribution in [0.2, 0.25) is 0 Å². The van der Waals surface area contributed by atoms with Gasteiger partial charge in [-0.1, -0.05) is 36.4 Å². The van der Waals surface area contributed by atoms with Crippen molar-refractivity contribution in [3.05, 3.63) is 90.0 Å². The molecule has 184 valence electrons. The molecule has 1 unspecified atom stereocenters. The second-order valence-corrected chi connectivity index (χ2v) is 9.32. The normalized spacial score (nSPS) is 12.8. The molecular formula is C24H22F3N3O4S. The number of carbonyl (C=O) groups is 1. The molecule has 11 heteroatoms. The second kappa shape index (κ2) is 10.6. The molecule has 0 bridgehead atoms. The molecule has 0 saturated heterocycles. The number of carbonyl (C=O) groups excluding carboxylic acids is 1. The van der Waals surface area contributed by atoms with Crippen molar-refractivity contribution in [2.75, 3.05) is 10.6 Å². The first-order chi connectivity index (χ1) is 16.5. The van der Waals surface area contributed by atoms with E-state index in [-0.39, 0.29) is 11.3 Å². The van der Waals surface area contributed by atoms with Crippen LogP contribution in [0.5, 0.6) is 11.5 Å². The van der Waals surface area contributed by atoms with Gasteiger partial charge in [-0.3, -0.25) is 9.10 Å². The Morgan fingerprint density at radius 3 is 2.14 bits per heavy atom. The van der Waals surface area contributed by atoms with E-state index in [4.69, 9.17) is 4.74 Å². The maximum Gasteiger partial charge on any atom is 0.417 e. The molecule has 0 fully saturated rings. The van der Waals surface area contributed by atoms with Crippen molar-refractivity contribution >= 4 is 27.8 Å². The van der Waals surface area contributed by atoms with Gasteiger partial charge in [-0.25, -0.2) is 13.8 Å². The molecule has 3 aromatic carbocycles. The molecule has 0 aliphatic heterocycles. The van der Waals surface area contributed by atoms with Crippen molar-refractivity contribution in [1.29, 1.82) is 0 Å². The lowest BCUT2D eigenvalue weighted by Crippen LogP contribution is -2.46. The van der Waals surface area contributed by atoms with Gasteiger partial charge in [0, 0.05) is 5.56 Å². The number of benzene rings is 3. The lowest BCUT2D eigenvalue weighted by molar-refractivity contribution is -0.137. The number of amides is 1. The Bertz CT molecular complexity index is 1300. The van der Waals surface area contributed by atoms with Crippen LogP contribution in [0, 0.1) is 0 Å². The summed E-state index contributed by atoms with van der Waals surface area (Å²) in [6, 6.07) is 18.5. The van der Waals surface area contributed by atoms with Gasteiger partial charge in [0.2, 0.25) is 10.0 Å². The number of para-hydroxylation sites is 1. The van der Waals surface area contributed by atoms with E-state index in [0.29, 0.717) is 11.5 Å². The van der Waals surface area contributed by atoms with Crippen molar-refractivity contribution in [2.24, 2.45) is 5.10 Å². The van der Waals surface area contributed by atoms with Gasteiger partial charge in [-0.05, 0) is 49.4 Å². The van der Waals surface area contributed by atoms with Crippen LogP contribution in [0.15, 0.2) is 84.0 Å². The molecule has 1 amide bonds. The van der Waals surface area contributed by atoms with Crippen LogP contribution in [0.1, 0.15) is 18.1 Å². The van der Waals surface area contributed by atoms with E-state index >= 15 is 0 Å². The van der Waals surface area contributed by atoms with E-state index < -0.39 is 33.7 Å². The number of hydrazone groups is 1. The van der Waals surface area contributed by atoms with Crippen LogP contribution in [0.25, 0.3) is 0 Å². The second-order valence-electron chi connectivity index (χ2n) is 7.46. The van der Waals surface area contributed by atoms with Gasteiger partial charge in [-0.2, -0.15) is 18.3 Å². The Morgan fingerprint density at radius 1 is 0.971 bits per heavy atom. The SMILES string of the molecule is CC(C(=O)N/N=C/c1ccccc1C(F)(F)F)N(c1ccc(Oc2ccccc2)cc1)S(C)(=O)=O. The minimum absolute atomic E-state index is 0.196. The maximum atomic E-state index is 13.1. The molecule has 3 aromatic rings. The lowest BCUT2D eigenvalue weighted by atomic mass is 10.1. The number of ether oxygens (including phenoxy) is 1. The standard InChI is InChI=1S/C24H22F3N3O4S/c1-17(23(31)29-28-16-18-8-6-7-11-22(18)24(25,26)27)30(35(2,32)33)19-12-14-21(15-13-19)34-20-9-4-3-5-10-20/h3-17H,1-2H3,(H,29,31)/b28-16+. The van der Waals surface area contributed by atoms with E-state index in [2.05, 4.69) is 10.5 Å². The van der Waals surface area contributed by atoms with Crippen LogP contribution in [-0.4, -0.2) is 32.8 Å². The Balaban J connectivity index is 1.75. The van der Waals surface area contributed by atoms with Gasteiger partial charge in [0.1, 0.15) is 17.5 Å². The van der Waals surface area contributed by atoms with Gasteiger partial charge in [0.05, 0.1) is 23.7 Å². The molecule has 1 N–H and O–H groups in total. The Kier molecular flexibility index (Phi) is 7.80. The molecule has 0 radical (unpaired) electrons. The number of anilines is 1. The monoisotopic (exact) mass is 505 g/mol. The summed E-state index contributed by atoms with van der Waals surface area (Å²) < 4.78 is 70.8. The maximum absolute atomic E-state index is 13.1. The highest BCUT2D eigenvalue weighted by Crippen LogP contribution is 2.31. The molecular weight excluding hydrogens is 483 g/mol. The summed E-state index contributed by atoms with van der Waals surface area (Å²) in [5, 5.41) is 3.59. The molecule has 1 atom stereocenters. The predicted molar refractivity (Wildman–Crippen MR) is 127 cm³/mol. The number of sulfonamides is 1. The Morgan fingerprint density at radius 2 is 1.54 bits per heavy atom. The third-order valence-electron chi connectivity index (χ3n) is 4.80. The van der Waals surface area contributed by atoms with Crippen molar-refractivity contribution in [1.82, 2.24) is 5.43 Å². The highest BCUT2D eigenvalue weighted by molar-refractivity contribution is 7.92. The zero-order valence-corrected chi connectivity index (χ0v) is 19.5. The Hall–Kier alpha value is -3.86. The molecule has 7 nitrogen and oxygen atoms in total. The third-order valence-corrected chi connectivity index (χ3v) is 6.04. The third kappa shape index (κ3) is 6.82. The van der Waals surface area contributed by atoms with Gasteiger partial charge >= 0.3 is 6.18 Å².